The number of hydrogen-bond donors (Lipinski definition) is 0. The van der Waals surface area contributed by atoms with Crippen LogP contribution >= 0.6 is 0 Å². The molecule has 0 fully saturated rings. The smallest absolute Gasteiger partial charge is 0.159 e. The Morgan fingerprint density at radius 3 is 2.65 bits per heavy atom. The second-order valence-electron chi connectivity index (χ2n) is 4.32. The fourth-order valence-corrected chi connectivity index (χ4v) is 1.96. The van der Waals surface area contributed by atoms with Crippen LogP contribution in [0, 0.1) is 11.3 Å². The number of nitrogens with zero attached hydrogens (tertiary/aromatic N) is 5. The van der Waals surface area contributed by atoms with E-state index in [9.17, 15) is 0 Å². The molecule has 0 amide bonds. The van der Waals surface area contributed by atoms with E-state index in [1.165, 1.54) is 0 Å². The van der Waals surface area contributed by atoms with Crippen LogP contribution in [0.1, 0.15) is 5.56 Å². The molecule has 0 saturated heterocycles. The highest BCUT2D eigenvalue weighted by atomic mass is 15.1. The first-order chi connectivity index (χ1) is 9.78. The van der Waals surface area contributed by atoms with Crippen molar-refractivity contribution < 1.29 is 0 Å². The van der Waals surface area contributed by atoms with E-state index in [0.717, 1.165) is 11.4 Å². The molecule has 0 bridgehead atoms. The summed E-state index contributed by atoms with van der Waals surface area (Å²) in [5.41, 5.74) is 2.84. The maximum absolute atomic E-state index is 8.95. The van der Waals surface area contributed by atoms with Gasteiger partial charge in [-0.05, 0) is 24.3 Å². The molecular weight excluding hydrogens is 250 g/mol. The van der Waals surface area contributed by atoms with Crippen LogP contribution in [-0.4, -0.2) is 19.5 Å². The van der Waals surface area contributed by atoms with Gasteiger partial charge in [0.25, 0.3) is 0 Å². The molecule has 0 N–H and O–H groups in total. The lowest BCUT2D eigenvalue weighted by atomic mass is 10.2. The molecule has 3 rings (SSSR count). The van der Waals surface area contributed by atoms with Crippen LogP contribution in [0.25, 0.3) is 22.9 Å². The average Bonchev–Trinajstić information content (AvgIpc) is 2.90. The predicted molar refractivity (Wildman–Crippen MR) is 74.4 cm³/mol. The number of rotatable bonds is 2. The third-order valence-electron chi connectivity index (χ3n) is 2.92. The number of aryl methyl sites for hydroxylation is 1. The van der Waals surface area contributed by atoms with Gasteiger partial charge in [-0.2, -0.15) is 5.26 Å². The minimum atomic E-state index is 0.567. The molecule has 5 heteroatoms. The Labute approximate surface area is 116 Å². The molecule has 5 nitrogen and oxygen atoms in total. The lowest BCUT2D eigenvalue weighted by Crippen LogP contribution is -1.94. The van der Waals surface area contributed by atoms with Crippen molar-refractivity contribution in [3.8, 4) is 29.0 Å². The van der Waals surface area contributed by atoms with Crippen LogP contribution in [0.2, 0.25) is 0 Å². The predicted octanol–water partition coefficient (Wildman–Crippen LogP) is 2.42. The van der Waals surface area contributed by atoms with Crippen molar-refractivity contribution in [2.24, 2.45) is 7.05 Å². The molecular formula is C15H11N5. The van der Waals surface area contributed by atoms with Gasteiger partial charge in [-0.3, -0.25) is 9.97 Å². The fraction of sp³-hybridized carbons (Fsp3) is 0.0667. The summed E-state index contributed by atoms with van der Waals surface area (Å²) in [7, 11) is 1.90. The van der Waals surface area contributed by atoms with E-state index >= 15 is 0 Å². The van der Waals surface area contributed by atoms with E-state index in [0.29, 0.717) is 17.1 Å². The third kappa shape index (κ3) is 2.15. The Morgan fingerprint density at radius 1 is 1.05 bits per heavy atom. The minimum Gasteiger partial charge on any atom is -0.332 e. The molecule has 3 aromatic heterocycles. The van der Waals surface area contributed by atoms with Gasteiger partial charge in [0.1, 0.15) is 11.4 Å². The normalized spacial score (nSPS) is 10.2. The molecule has 3 heterocycles. The summed E-state index contributed by atoms with van der Waals surface area (Å²) in [4.78, 5) is 13.1. The van der Waals surface area contributed by atoms with Gasteiger partial charge in [-0.1, -0.05) is 6.07 Å². The third-order valence-corrected chi connectivity index (χ3v) is 2.92. The van der Waals surface area contributed by atoms with Crippen molar-refractivity contribution in [1.82, 2.24) is 19.5 Å². The molecule has 96 valence electrons. The molecule has 0 aliphatic heterocycles. The maximum Gasteiger partial charge on any atom is 0.159 e. The van der Waals surface area contributed by atoms with Crippen LogP contribution in [0.5, 0.6) is 0 Å². The highest BCUT2D eigenvalue weighted by molar-refractivity contribution is 5.61. The Balaban J connectivity index is 2.08. The second-order valence-corrected chi connectivity index (χ2v) is 4.32. The summed E-state index contributed by atoms with van der Waals surface area (Å²) < 4.78 is 1.88. The van der Waals surface area contributed by atoms with E-state index in [1.54, 1.807) is 24.5 Å². The molecule has 0 aliphatic rings. The topological polar surface area (TPSA) is 67.4 Å². The monoisotopic (exact) mass is 261 g/mol. The molecule has 0 atom stereocenters. The van der Waals surface area contributed by atoms with E-state index in [1.807, 2.05) is 36.0 Å². The quantitative estimate of drug-likeness (QED) is 0.710. The van der Waals surface area contributed by atoms with Crippen molar-refractivity contribution >= 4 is 0 Å². The lowest BCUT2D eigenvalue weighted by molar-refractivity contribution is 0.917. The molecule has 0 spiro atoms. The van der Waals surface area contributed by atoms with Crippen molar-refractivity contribution in [2.75, 3.05) is 0 Å². The Bertz CT molecular complexity index is 784. The summed E-state index contributed by atoms with van der Waals surface area (Å²) in [6, 6.07) is 11.2. The second kappa shape index (κ2) is 4.94. The molecule has 0 saturated carbocycles. The van der Waals surface area contributed by atoms with E-state index in [2.05, 4.69) is 21.0 Å². The first-order valence-electron chi connectivity index (χ1n) is 6.09. The van der Waals surface area contributed by atoms with Gasteiger partial charge in [0.2, 0.25) is 0 Å². The first kappa shape index (κ1) is 12.1. The Kier molecular flexibility index (Phi) is 2.98. The largest absolute Gasteiger partial charge is 0.332 e. The van der Waals surface area contributed by atoms with Crippen molar-refractivity contribution in [3.05, 3.63) is 54.5 Å². The first-order valence-corrected chi connectivity index (χ1v) is 6.09. The van der Waals surface area contributed by atoms with Gasteiger partial charge in [0.05, 0.1) is 17.3 Å². The average molecular weight is 261 g/mol. The van der Waals surface area contributed by atoms with Gasteiger partial charge < -0.3 is 4.57 Å². The van der Waals surface area contributed by atoms with Gasteiger partial charge in [-0.25, -0.2) is 4.98 Å². The zero-order valence-corrected chi connectivity index (χ0v) is 10.9. The minimum absolute atomic E-state index is 0.567. The highest BCUT2D eigenvalue weighted by Gasteiger charge is 2.11. The van der Waals surface area contributed by atoms with Gasteiger partial charge in [0, 0.05) is 25.6 Å². The number of pyridine rings is 2. The van der Waals surface area contributed by atoms with Gasteiger partial charge in [-0.15, -0.1) is 0 Å². The molecule has 20 heavy (non-hydrogen) atoms. The standard InChI is InChI=1S/C15H11N5/c1-20-10-14(12-4-2-3-6-17-12)19-15(20)13-8-11(9-16)5-7-18-13/h2-8,10H,1H3. The Morgan fingerprint density at radius 2 is 1.90 bits per heavy atom. The summed E-state index contributed by atoms with van der Waals surface area (Å²) in [6.07, 6.45) is 5.25. The number of imidazole rings is 1. The zero-order valence-electron chi connectivity index (χ0n) is 10.9. The van der Waals surface area contributed by atoms with Crippen molar-refractivity contribution in [1.29, 1.82) is 5.26 Å². The molecule has 3 aromatic rings. The maximum atomic E-state index is 8.95. The summed E-state index contributed by atoms with van der Waals surface area (Å²) in [5.74, 6) is 0.711. The van der Waals surface area contributed by atoms with Crippen LogP contribution in [0.4, 0.5) is 0 Å². The number of aromatic nitrogens is 4. The molecule has 0 unspecified atom stereocenters. The SMILES string of the molecule is Cn1cc(-c2ccccn2)nc1-c1cc(C#N)ccn1. The van der Waals surface area contributed by atoms with Gasteiger partial charge in [0.15, 0.2) is 5.82 Å². The fourth-order valence-electron chi connectivity index (χ4n) is 1.96. The molecule has 0 aliphatic carbocycles. The highest BCUT2D eigenvalue weighted by Crippen LogP contribution is 2.21. The van der Waals surface area contributed by atoms with Crippen LogP contribution in [0.15, 0.2) is 48.9 Å². The number of nitriles is 1. The van der Waals surface area contributed by atoms with Crippen molar-refractivity contribution in [2.45, 2.75) is 0 Å². The van der Waals surface area contributed by atoms with E-state index < -0.39 is 0 Å². The summed E-state index contributed by atoms with van der Waals surface area (Å²) in [6.45, 7) is 0. The van der Waals surface area contributed by atoms with E-state index in [-0.39, 0.29) is 0 Å². The molecule has 0 aromatic carbocycles. The summed E-state index contributed by atoms with van der Waals surface area (Å²) in [5, 5.41) is 8.95. The van der Waals surface area contributed by atoms with Crippen LogP contribution in [-0.2, 0) is 7.05 Å². The van der Waals surface area contributed by atoms with Crippen LogP contribution in [0.3, 0.4) is 0 Å². The molecule has 0 radical (unpaired) electrons. The lowest BCUT2D eigenvalue weighted by Gasteiger charge is -2.00. The zero-order chi connectivity index (χ0) is 13.9. The van der Waals surface area contributed by atoms with Gasteiger partial charge >= 0.3 is 0 Å². The number of hydrogen-bond acceptors (Lipinski definition) is 4. The van der Waals surface area contributed by atoms with E-state index in [4.69, 9.17) is 5.26 Å². The Hall–Kier alpha value is -3.00. The van der Waals surface area contributed by atoms with Crippen LogP contribution < -0.4 is 0 Å². The van der Waals surface area contributed by atoms with Crippen molar-refractivity contribution in [3.63, 3.8) is 0 Å². The summed E-state index contributed by atoms with van der Waals surface area (Å²) >= 11 is 0.